The van der Waals surface area contributed by atoms with Gasteiger partial charge in [-0.2, -0.15) is 13.2 Å². The van der Waals surface area contributed by atoms with E-state index in [1.165, 1.54) is 24.3 Å². The van der Waals surface area contributed by atoms with Crippen LogP contribution >= 0.6 is 0 Å². The Morgan fingerprint density at radius 1 is 1.11 bits per heavy atom. The lowest BCUT2D eigenvalue weighted by Gasteiger charge is -2.29. The number of nitrogen functional groups attached to an aromatic ring is 1. The number of alkyl halides is 3. The van der Waals surface area contributed by atoms with E-state index in [0.717, 1.165) is 12.1 Å². The maximum absolute atomic E-state index is 13.5. The molecule has 28 heavy (non-hydrogen) atoms. The number of aliphatic hydroxyl groups excluding tert-OH is 1. The number of aliphatic hydroxyl groups is 1. The van der Waals surface area contributed by atoms with E-state index in [-0.39, 0.29) is 10.5 Å². The largest absolute Gasteiger partial charge is 0.418 e. The summed E-state index contributed by atoms with van der Waals surface area (Å²) in [6.07, 6.45) is -4.86. The van der Waals surface area contributed by atoms with Crippen molar-refractivity contribution in [2.45, 2.75) is 48.3 Å². The summed E-state index contributed by atoms with van der Waals surface area (Å²) in [5.41, 5.74) is 2.97. The zero-order valence-electron chi connectivity index (χ0n) is 15.7. The van der Waals surface area contributed by atoms with Crippen LogP contribution in [0.15, 0.2) is 52.3 Å². The first-order valence-electron chi connectivity index (χ1n) is 8.46. The van der Waals surface area contributed by atoms with Crippen LogP contribution in [0.5, 0.6) is 0 Å². The molecule has 2 aromatic rings. The highest BCUT2D eigenvalue weighted by atomic mass is 32.2. The minimum atomic E-state index is -4.86. The van der Waals surface area contributed by atoms with Crippen molar-refractivity contribution in [3.8, 4) is 0 Å². The molecule has 0 aromatic heterocycles. The summed E-state index contributed by atoms with van der Waals surface area (Å²) in [7, 11) is -4.29. The van der Waals surface area contributed by atoms with Crippen LogP contribution in [0.3, 0.4) is 0 Å². The Morgan fingerprint density at radius 2 is 1.68 bits per heavy atom. The highest BCUT2D eigenvalue weighted by Gasteiger charge is 2.37. The Kier molecular flexibility index (Phi) is 6.13. The third-order valence-corrected chi connectivity index (χ3v) is 5.81. The summed E-state index contributed by atoms with van der Waals surface area (Å²) in [6, 6.07) is 8.05. The number of nitrogens with two attached hydrogens (primary N) is 1. The highest BCUT2D eigenvalue weighted by molar-refractivity contribution is 7.91. The first-order chi connectivity index (χ1) is 12.8. The van der Waals surface area contributed by atoms with Crippen molar-refractivity contribution < 1.29 is 26.7 Å². The van der Waals surface area contributed by atoms with Crippen molar-refractivity contribution in [3.63, 3.8) is 0 Å². The minimum absolute atomic E-state index is 0.0199. The summed E-state index contributed by atoms with van der Waals surface area (Å²) in [5, 5.41) is 12.7. The smallest absolute Gasteiger partial charge is 0.397 e. The molecule has 0 amide bonds. The number of sulfone groups is 1. The van der Waals surface area contributed by atoms with E-state index in [9.17, 15) is 26.7 Å². The molecule has 0 heterocycles. The molecule has 0 saturated heterocycles. The summed E-state index contributed by atoms with van der Waals surface area (Å²) in [5.74, 6) is 0. The normalized spacial score (nSPS) is 14.1. The number of hydrogen-bond acceptors (Lipinski definition) is 5. The van der Waals surface area contributed by atoms with E-state index in [0.29, 0.717) is 0 Å². The Morgan fingerprint density at radius 3 is 2.14 bits per heavy atom. The summed E-state index contributed by atoms with van der Waals surface area (Å²) < 4.78 is 66.5. The molecule has 0 aliphatic carbocycles. The van der Waals surface area contributed by atoms with Crippen LogP contribution in [0, 0.1) is 0 Å². The molecule has 5 nitrogen and oxygen atoms in total. The van der Waals surface area contributed by atoms with Crippen LogP contribution in [-0.2, 0) is 16.0 Å². The van der Waals surface area contributed by atoms with Gasteiger partial charge in [-0.1, -0.05) is 18.2 Å². The molecule has 0 bridgehead atoms. The van der Waals surface area contributed by atoms with E-state index >= 15 is 0 Å². The fourth-order valence-corrected chi connectivity index (χ4v) is 4.25. The second-order valence-electron chi connectivity index (χ2n) is 7.42. The van der Waals surface area contributed by atoms with Gasteiger partial charge in [0.25, 0.3) is 0 Å². The van der Waals surface area contributed by atoms with Crippen molar-refractivity contribution >= 4 is 15.5 Å². The molecule has 0 saturated carbocycles. The van der Waals surface area contributed by atoms with E-state index in [1.807, 2.05) is 0 Å². The lowest BCUT2D eigenvalue weighted by Crippen LogP contribution is -2.40. The monoisotopic (exact) mass is 416 g/mol. The van der Waals surface area contributed by atoms with Gasteiger partial charge in [-0.15, -0.1) is 0 Å². The van der Waals surface area contributed by atoms with Crippen molar-refractivity contribution in [2.24, 2.45) is 0 Å². The number of anilines is 1. The highest BCUT2D eigenvalue weighted by Crippen LogP contribution is 2.40. The quantitative estimate of drug-likeness (QED) is 0.649. The third-order valence-electron chi connectivity index (χ3n) is 4.01. The predicted octanol–water partition coefficient (Wildman–Crippen LogP) is 3.54. The lowest BCUT2D eigenvalue weighted by molar-refractivity contribution is -0.137. The molecule has 0 radical (unpaired) electrons. The molecular weight excluding hydrogens is 393 g/mol. The van der Waals surface area contributed by atoms with Crippen LogP contribution in [0.2, 0.25) is 0 Å². The summed E-state index contributed by atoms with van der Waals surface area (Å²) in [4.78, 5) is -0.811. The fourth-order valence-electron chi connectivity index (χ4n) is 2.79. The Hall–Kier alpha value is -2.10. The number of benzene rings is 2. The van der Waals surface area contributed by atoms with Crippen molar-refractivity contribution in [1.82, 2.24) is 5.32 Å². The number of hydrogen-bond donors (Lipinski definition) is 3. The van der Waals surface area contributed by atoms with Crippen LogP contribution in [0.4, 0.5) is 18.9 Å². The second-order valence-corrected chi connectivity index (χ2v) is 9.34. The van der Waals surface area contributed by atoms with Crippen molar-refractivity contribution in [2.75, 3.05) is 12.3 Å². The van der Waals surface area contributed by atoms with Gasteiger partial charge in [-0.3, -0.25) is 0 Å². The standard InChI is InChI=1S/C19H23F3N2O3S/c1-18(2,3)24-15(11-25)12-9-14(19(20,21)22)17(23)16(10-12)28(26,27)13-7-5-4-6-8-13/h4-10,15,24-25H,11,23H2,1-3H3. The average Bonchev–Trinajstić information content (AvgIpc) is 2.58. The van der Waals surface area contributed by atoms with E-state index in [4.69, 9.17) is 5.73 Å². The number of halogens is 3. The maximum Gasteiger partial charge on any atom is 0.418 e. The van der Waals surface area contributed by atoms with Crippen LogP contribution in [-0.4, -0.2) is 25.7 Å². The van der Waals surface area contributed by atoms with E-state index < -0.39 is 50.3 Å². The molecule has 0 spiro atoms. The van der Waals surface area contributed by atoms with Gasteiger partial charge in [0.2, 0.25) is 9.84 Å². The first kappa shape index (κ1) is 22.2. The molecule has 2 rings (SSSR count). The summed E-state index contributed by atoms with van der Waals surface area (Å²) >= 11 is 0. The molecule has 0 aliphatic heterocycles. The Balaban J connectivity index is 2.76. The first-order valence-corrected chi connectivity index (χ1v) is 9.95. The third kappa shape index (κ3) is 4.84. The van der Waals surface area contributed by atoms with Crippen LogP contribution < -0.4 is 11.1 Å². The topological polar surface area (TPSA) is 92.4 Å². The molecule has 2 aromatic carbocycles. The lowest BCUT2D eigenvalue weighted by atomic mass is 9.99. The maximum atomic E-state index is 13.5. The molecule has 0 aliphatic rings. The SMILES string of the molecule is CC(C)(C)NC(CO)c1cc(C(F)(F)F)c(N)c(S(=O)(=O)c2ccccc2)c1. The van der Waals surface area contributed by atoms with Crippen molar-refractivity contribution in [3.05, 3.63) is 53.6 Å². The van der Waals surface area contributed by atoms with Gasteiger partial charge >= 0.3 is 6.18 Å². The molecule has 9 heteroatoms. The van der Waals surface area contributed by atoms with E-state index in [1.54, 1.807) is 26.8 Å². The van der Waals surface area contributed by atoms with E-state index in [2.05, 4.69) is 5.32 Å². The van der Waals surface area contributed by atoms with Gasteiger partial charge in [0.05, 0.1) is 33.7 Å². The average molecular weight is 416 g/mol. The molecule has 154 valence electrons. The number of rotatable bonds is 5. The van der Waals surface area contributed by atoms with Gasteiger partial charge in [-0.25, -0.2) is 8.42 Å². The molecule has 4 N–H and O–H groups in total. The molecule has 1 unspecified atom stereocenters. The second kappa shape index (κ2) is 7.73. The molecule has 1 atom stereocenters. The molecular formula is C19H23F3N2O3S. The fraction of sp³-hybridized carbons (Fsp3) is 0.368. The minimum Gasteiger partial charge on any atom is -0.397 e. The van der Waals surface area contributed by atoms with Gasteiger partial charge in [0, 0.05) is 5.54 Å². The summed E-state index contributed by atoms with van der Waals surface area (Å²) in [6.45, 7) is 4.81. The zero-order valence-corrected chi connectivity index (χ0v) is 16.5. The predicted molar refractivity (Wildman–Crippen MR) is 100 cm³/mol. The van der Waals surface area contributed by atoms with Gasteiger partial charge in [0.1, 0.15) is 0 Å². The number of nitrogens with one attached hydrogen (secondary N) is 1. The zero-order chi connectivity index (χ0) is 21.3. The van der Waals surface area contributed by atoms with Crippen molar-refractivity contribution in [1.29, 1.82) is 0 Å². The van der Waals surface area contributed by atoms with Gasteiger partial charge < -0.3 is 16.2 Å². The Labute approximate surface area is 162 Å². The Bertz CT molecular complexity index is 937. The van der Waals surface area contributed by atoms with Crippen LogP contribution in [0.1, 0.15) is 37.9 Å². The van der Waals surface area contributed by atoms with Gasteiger partial charge in [0.15, 0.2) is 0 Å². The van der Waals surface area contributed by atoms with Gasteiger partial charge in [-0.05, 0) is 50.6 Å². The van der Waals surface area contributed by atoms with Crippen LogP contribution in [0.25, 0.3) is 0 Å². The molecule has 0 fully saturated rings.